The van der Waals surface area contributed by atoms with E-state index < -0.39 is 0 Å². The van der Waals surface area contributed by atoms with Crippen LogP contribution < -0.4 is 0 Å². The number of carbonyl (C=O) groups excluding carboxylic acids is 1. The lowest BCUT2D eigenvalue weighted by atomic mass is 9.94. The van der Waals surface area contributed by atoms with E-state index in [9.17, 15) is 4.79 Å². The molecule has 0 spiro atoms. The Bertz CT molecular complexity index is 373. The lowest BCUT2D eigenvalue weighted by Gasteiger charge is -2.10. The Balaban J connectivity index is 2.08. The van der Waals surface area contributed by atoms with Gasteiger partial charge in [-0.3, -0.25) is 9.48 Å². The zero-order valence-corrected chi connectivity index (χ0v) is 9.85. The molecular formula is C12H18N2O2. The van der Waals surface area contributed by atoms with E-state index in [0.717, 1.165) is 24.9 Å². The highest BCUT2D eigenvalue weighted by Gasteiger charge is 2.31. The lowest BCUT2D eigenvalue weighted by Crippen LogP contribution is -2.21. The number of carbonyl (C=O) groups is 1. The van der Waals surface area contributed by atoms with Crippen LogP contribution in [0.2, 0.25) is 0 Å². The van der Waals surface area contributed by atoms with Gasteiger partial charge in [0.05, 0.1) is 23.8 Å². The molecule has 0 N–H and O–H groups in total. The van der Waals surface area contributed by atoms with Crippen molar-refractivity contribution in [2.75, 3.05) is 6.61 Å². The van der Waals surface area contributed by atoms with Crippen LogP contribution in [0.4, 0.5) is 0 Å². The summed E-state index contributed by atoms with van der Waals surface area (Å²) in [7, 11) is 0. The van der Waals surface area contributed by atoms with Gasteiger partial charge in [0.1, 0.15) is 0 Å². The van der Waals surface area contributed by atoms with Crippen LogP contribution in [0.15, 0.2) is 12.4 Å². The van der Waals surface area contributed by atoms with Crippen LogP contribution in [0.3, 0.4) is 0 Å². The summed E-state index contributed by atoms with van der Waals surface area (Å²) >= 11 is 0. The van der Waals surface area contributed by atoms with Crippen molar-refractivity contribution in [1.82, 2.24) is 9.78 Å². The Kier molecular flexibility index (Phi) is 3.39. The second kappa shape index (κ2) is 4.78. The van der Waals surface area contributed by atoms with Gasteiger partial charge >= 0.3 is 0 Å². The summed E-state index contributed by atoms with van der Waals surface area (Å²) in [6, 6.07) is 0. The van der Waals surface area contributed by atoms with E-state index in [-0.39, 0.29) is 17.8 Å². The highest BCUT2D eigenvalue weighted by molar-refractivity contribution is 5.97. The fourth-order valence-electron chi connectivity index (χ4n) is 2.13. The molecule has 2 rings (SSSR count). The summed E-state index contributed by atoms with van der Waals surface area (Å²) in [4.78, 5) is 12.1. The number of hydrogen-bond acceptors (Lipinski definition) is 3. The Labute approximate surface area is 95.6 Å². The molecule has 0 radical (unpaired) electrons. The van der Waals surface area contributed by atoms with Gasteiger partial charge in [0.15, 0.2) is 5.78 Å². The van der Waals surface area contributed by atoms with Crippen molar-refractivity contribution in [3.8, 4) is 0 Å². The fourth-order valence-corrected chi connectivity index (χ4v) is 2.13. The summed E-state index contributed by atoms with van der Waals surface area (Å²) in [6.45, 7) is 5.62. The first-order valence-corrected chi connectivity index (χ1v) is 5.90. The van der Waals surface area contributed by atoms with Gasteiger partial charge in [-0.2, -0.15) is 5.10 Å². The molecule has 0 aromatic carbocycles. The first-order chi connectivity index (χ1) is 7.72. The molecule has 1 saturated heterocycles. The summed E-state index contributed by atoms with van der Waals surface area (Å²) in [5, 5.41) is 4.18. The van der Waals surface area contributed by atoms with Crippen LogP contribution in [0.25, 0.3) is 0 Å². The first kappa shape index (κ1) is 11.3. The Morgan fingerprint density at radius 1 is 1.69 bits per heavy atom. The second-order valence-electron chi connectivity index (χ2n) is 4.33. The van der Waals surface area contributed by atoms with E-state index in [0.29, 0.717) is 6.61 Å². The molecule has 2 atom stereocenters. The average Bonchev–Trinajstić information content (AvgIpc) is 2.87. The molecule has 0 bridgehead atoms. The number of Topliss-reactive ketones (excluding diaryl/α,β-unsaturated/α-hetero) is 1. The topological polar surface area (TPSA) is 44.1 Å². The van der Waals surface area contributed by atoms with E-state index in [1.807, 2.05) is 17.8 Å². The molecular weight excluding hydrogens is 204 g/mol. The second-order valence-corrected chi connectivity index (χ2v) is 4.33. The minimum absolute atomic E-state index is 0.0132. The third kappa shape index (κ3) is 2.16. The third-order valence-corrected chi connectivity index (χ3v) is 3.08. The molecule has 1 aromatic heterocycles. The number of ether oxygens (including phenoxy) is 1. The van der Waals surface area contributed by atoms with Crippen molar-refractivity contribution in [3.05, 3.63) is 18.0 Å². The normalized spacial score (nSPS) is 24.9. The highest BCUT2D eigenvalue weighted by atomic mass is 16.5. The molecule has 1 aliphatic heterocycles. The highest BCUT2D eigenvalue weighted by Crippen LogP contribution is 2.24. The molecule has 2 heterocycles. The molecule has 0 saturated carbocycles. The SMILES string of the molecule is CCCn1cc(C(=O)C2CCOC2C)cn1. The van der Waals surface area contributed by atoms with Gasteiger partial charge in [0.25, 0.3) is 0 Å². The van der Waals surface area contributed by atoms with Gasteiger partial charge in [-0.15, -0.1) is 0 Å². The number of aromatic nitrogens is 2. The zero-order chi connectivity index (χ0) is 11.5. The van der Waals surface area contributed by atoms with Gasteiger partial charge in [-0.05, 0) is 19.8 Å². The molecule has 16 heavy (non-hydrogen) atoms. The van der Waals surface area contributed by atoms with Crippen LogP contribution in [-0.2, 0) is 11.3 Å². The Morgan fingerprint density at radius 2 is 2.50 bits per heavy atom. The summed E-state index contributed by atoms with van der Waals surface area (Å²) in [6.07, 6.45) is 5.42. The van der Waals surface area contributed by atoms with E-state index in [4.69, 9.17) is 4.74 Å². The molecule has 2 unspecified atom stereocenters. The average molecular weight is 222 g/mol. The smallest absolute Gasteiger partial charge is 0.171 e. The van der Waals surface area contributed by atoms with Gasteiger partial charge < -0.3 is 4.74 Å². The summed E-state index contributed by atoms with van der Waals surface area (Å²) < 4.78 is 7.24. The first-order valence-electron chi connectivity index (χ1n) is 5.90. The number of hydrogen-bond donors (Lipinski definition) is 0. The fraction of sp³-hybridized carbons (Fsp3) is 0.667. The molecule has 4 nitrogen and oxygen atoms in total. The number of nitrogens with zero attached hydrogens (tertiary/aromatic N) is 2. The van der Waals surface area contributed by atoms with Gasteiger partial charge in [0.2, 0.25) is 0 Å². The molecule has 1 aromatic rings. The molecule has 88 valence electrons. The minimum Gasteiger partial charge on any atom is -0.378 e. The molecule has 0 amide bonds. The zero-order valence-electron chi connectivity index (χ0n) is 9.85. The van der Waals surface area contributed by atoms with Crippen molar-refractivity contribution in [3.63, 3.8) is 0 Å². The van der Waals surface area contributed by atoms with Crippen LogP contribution >= 0.6 is 0 Å². The molecule has 1 fully saturated rings. The monoisotopic (exact) mass is 222 g/mol. The number of rotatable bonds is 4. The van der Waals surface area contributed by atoms with E-state index in [1.54, 1.807) is 6.20 Å². The van der Waals surface area contributed by atoms with Crippen LogP contribution in [0.5, 0.6) is 0 Å². The molecule has 1 aliphatic rings. The van der Waals surface area contributed by atoms with Crippen molar-refractivity contribution in [1.29, 1.82) is 0 Å². The summed E-state index contributed by atoms with van der Waals surface area (Å²) in [5.41, 5.74) is 0.718. The van der Waals surface area contributed by atoms with Crippen LogP contribution in [0, 0.1) is 5.92 Å². The van der Waals surface area contributed by atoms with Gasteiger partial charge in [0, 0.05) is 19.3 Å². The Hall–Kier alpha value is -1.16. The summed E-state index contributed by atoms with van der Waals surface area (Å²) in [5.74, 6) is 0.187. The number of ketones is 1. The van der Waals surface area contributed by atoms with E-state index in [1.165, 1.54) is 0 Å². The maximum Gasteiger partial charge on any atom is 0.171 e. The minimum atomic E-state index is 0.0132. The standard InChI is InChI=1S/C12H18N2O2/c1-3-5-14-8-10(7-13-14)12(15)11-4-6-16-9(11)2/h7-9,11H,3-6H2,1-2H3. The largest absolute Gasteiger partial charge is 0.378 e. The van der Waals surface area contributed by atoms with E-state index >= 15 is 0 Å². The van der Waals surface area contributed by atoms with Crippen molar-refractivity contribution >= 4 is 5.78 Å². The predicted octanol–water partition coefficient (Wildman–Crippen LogP) is 1.90. The third-order valence-electron chi connectivity index (χ3n) is 3.08. The predicted molar refractivity (Wildman–Crippen MR) is 60.4 cm³/mol. The quantitative estimate of drug-likeness (QED) is 0.731. The maximum absolute atomic E-state index is 12.1. The van der Waals surface area contributed by atoms with Crippen molar-refractivity contribution in [2.24, 2.45) is 5.92 Å². The van der Waals surface area contributed by atoms with Crippen molar-refractivity contribution < 1.29 is 9.53 Å². The van der Waals surface area contributed by atoms with Crippen molar-refractivity contribution in [2.45, 2.75) is 39.3 Å². The Morgan fingerprint density at radius 3 is 3.12 bits per heavy atom. The number of aryl methyl sites for hydroxylation is 1. The van der Waals surface area contributed by atoms with Crippen LogP contribution in [0.1, 0.15) is 37.0 Å². The molecule has 4 heteroatoms. The van der Waals surface area contributed by atoms with Gasteiger partial charge in [-0.25, -0.2) is 0 Å². The van der Waals surface area contributed by atoms with E-state index in [2.05, 4.69) is 12.0 Å². The molecule has 0 aliphatic carbocycles. The van der Waals surface area contributed by atoms with Crippen LogP contribution in [-0.4, -0.2) is 28.3 Å². The lowest BCUT2D eigenvalue weighted by molar-refractivity contribution is 0.0764. The van der Waals surface area contributed by atoms with Gasteiger partial charge in [-0.1, -0.05) is 6.92 Å². The maximum atomic E-state index is 12.1.